The van der Waals surface area contributed by atoms with Crippen LogP contribution in [0, 0.1) is 6.92 Å². The zero-order chi connectivity index (χ0) is 20.6. The Morgan fingerprint density at radius 1 is 1.17 bits per heavy atom. The van der Waals surface area contributed by atoms with Crippen molar-refractivity contribution < 1.29 is 9.53 Å². The average molecular weight is 392 g/mol. The van der Waals surface area contributed by atoms with Crippen LogP contribution < -0.4 is 10.9 Å². The molecule has 150 valence electrons. The van der Waals surface area contributed by atoms with Crippen LogP contribution in [0.25, 0.3) is 11.4 Å². The van der Waals surface area contributed by atoms with E-state index in [0.717, 1.165) is 16.7 Å². The molecule has 3 rings (SSSR count). The highest BCUT2D eigenvalue weighted by Gasteiger charge is 2.11. The molecule has 2 aromatic heterocycles. The monoisotopic (exact) mass is 392 g/mol. The third kappa shape index (κ3) is 5.58. The number of aromatic nitrogens is 3. The maximum Gasteiger partial charge on any atom is 0.254 e. The predicted octanol–water partition coefficient (Wildman–Crippen LogP) is 2.54. The molecule has 0 bridgehead atoms. The van der Waals surface area contributed by atoms with Gasteiger partial charge in [-0.1, -0.05) is 24.3 Å². The lowest BCUT2D eigenvalue weighted by atomic mass is 10.1. The molecule has 7 nitrogen and oxygen atoms in total. The van der Waals surface area contributed by atoms with Crippen LogP contribution >= 0.6 is 0 Å². The maximum absolute atomic E-state index is 12.5. The zero-order valence-corrected chi connectivity index (χ0v) is 16.6. The van der Waals surface area contributed by atoms with E-state index in [4.69, 9.17) is 4.74 Å². The first-order chi connectivity index (χ1) is 14.1. The van der Waals surface area contributed by atoms with Crippen LogP contribution in [0.1, 0.15) is 28.8 Å². The minimum absolute atomic E-state index is 0.112. The van der Waals surface area contributed by atoms with Gasteiger partial charge in [0.2, 0.25) is 5.91 Å². The maximum atomic E-state index is 12.5. The minimum Gasteiger partial charge on any atom is -0.380 e. The fourth-order valence-electron chi connectivity index (χ4n) is 3.07. The Kier molecular flexibility index (Phi) is 6.86. The van der Waals surface area contributed by atoms with Crippen molar-refractivity contribution in [3.05, 3.63) is 81.5 Å². The first kappa shape index (κ1) is 20.4. The summed E-state index contributed by atoms with van der Waals surface area (Å²) in [6.07, 6.45) is 3.85. The quantitative estimate of drug-likeness (QED) is 0.614. The molecule has 0 fully saturated rings. The second kappa shape index (κ2) is 9.75. The van der Waals surface area contributed by atoms with E-state index in [0.29, 0.717) is 36.7 Å². The Hall–Kier alpha value is -3.32. The molecule has 1 amide bonds. The lowest BCUT2D eigenvalue weighted by Gasteiger charge is -2.09. The number of hydrogen-bond donors (Lipinski definition) is 2. The van der Waals surface area contributed by atoms with E-state index in [9.17, 15) is 9.59 Å². The fraction of sp³-hybridized carbons (Fsp3) is 0.273. The highest BCUT2D eigenvalue weighted by Crippen LogP contribution is 2.13. The van der Waals surface area contributed by atoms with Gasteiger partial charge in [-0.3, -0.25) is 14.6 Å². The van der Waals surface area contributed by atoms with E-state index in [-0.39, 0.29) is 17.9 Å². The summed E-state index contributed by atoms with van der Waals surface area (Å²) >= 11 is 0. The topological polar surface area (TPSA) is 97.0 Å². The van der Waals surface area contributed by atoms with E-state index in [1.165, 1.54) is 0 Å². The number of nitrogens with one attached hydrogen (secondary N) is 2. The number of aryl methyl sites for hydroxylation is 1. The predicted molar refractivity (Wildman–Crippen MR) is 110 cm³/mol. The van der Waals surface area contributed by atoms with Gasteiger partial charge >= 0.3 is 0 Å². The molecule has 2 N–H and O–H groups in total. The van der Waals surface area contributed by atoms with Gasteiger partial charge in [-0.2, -0.15) is 0 Å². The van der Waals surface area contributed by atoms with Gasteiger partial charge in [0.25, 0.3) is 5.56 Å². The van der Waals surface area contributed by atoms with Gasteiger partial charge < -0.3 is 15.0 Å². The Morgan fingerprint density at radius 3 is 2.66 bits per heavy atom. The smallest absolute Gasteiger partial charge is 0.254 e. The third-order valence-corrected chi connectivity index (χ3v) is 4.57. The Balaban J connectivity index is 1.59. The number of benzene rings is 1. The summed E-state index contributed by atoms with van der Waals surface area (Å²) in [5.41, 5.74) is 3.79. The van der Waals surface area contributed by atoms with Gasteiger partial charge in [-0.05, 0) is 36.6 Å². The molecule has 0 unspecified atom stereocenters. The number of carbonyl (C=O) groups excluding carboxylic acids is 1. The van der Waals surface area contributed by atoms with Crippen molar-refractivity contribution in [2.24, 2.45) is 0 Å². The molecular weight excluding hydrogens is 368 g/mol. The number of amides is 1. The van der Waals surface area contributed by atoms with Crippen molar-refractivity contribution in [1.82, 2.24) is 20.3 Å². The highest BCUT2D eigenvalue weighted by atomic mass is 16.5. The normalized spacial score (nSPS) is 10.7. The number of aromatic amines is 1. The Morgan fingerprint density at radius 2 is 1.93 bits per heavy atom. The second-order valence-corrected chi connectivity index (χ2v) is 6.74. The van der Waals surface area contributed by atoms with Crippen LogP contribution in [0.5, 0.6) is 0 Å². The standard InChI is InChI=1S/C22H24N4O3/c1-15-19(22(28)26-21(25-15)18-8-10-23-11-9-18)6-7-20(27)24-13-16-4-3-5-17(12-16)14-29-2/h3-5,8-12H,6-7,13-14H2,1-2H3,(H,24,27)(H,25,26,28). The Bertz CT molecular complexity index is 1030. The number of methoxy groups -OCH3 is 1. The van der Waals surface area contributed by atoms with Gasteiger partial charge in [-0.15, -0.1) is 0 Å². The van der Waals surface area contributed by atoms with Crippen molar-refractivity contribution in [1.29, 1.82) is 0 Å². The summed E-state index contributed by atoms with van der Waals surface area (Å²) in [6, 6.07) is 11.4. The summed E-state index contributed by atoms with van der Waals surface area (Å²) in [7, 11) is 1.65. The van der Waals surface area contributed by atoms with Crippen LogP contribution in [-0.2, 0) is 29.1 Å². The Labute approximate surface area is 169 Å². The summed E-state index contributed by atoms with van der Waals surface area (Å²) in [4.78, 5) is 35.9. The van der Waals surface area contributed by atoms with Gasteiger partial charge in [0.05, 0.1) is 6.61 Å². The summed E-state index contributed by atoms with van der Waals surface area (Å²) in [6.45, 7) is 2.76. The van der Waals surface area contributed by atoms with E-state index in [1.807, 2.05) is 24.3 Å². The van der Waals surface area contributed by atoms with Crippen LogP contribution in [0.4, 0.5) is 0 Å². The number of H-pyrrole nitrogens is 1. The van der Waals surface area contributed by atoms with Crippen LogP contribution in [-0.4, -0.2) is 28.0 Å². The average Bonchev–Trinajstić information content (AvgIpc) is 2.73. The molecular formula is C22H24N4O3. The largest absolute Gasteiger partial charge is 0.380 e. The van der Waals surface area contributed by atoms with Crippen molar-refractivity contribution in [2.45, 2.75) is 32.9 Å². The fourth-order valence-corrected chi connectivity index (χ4v) is 3.07. The molecule has 3 aromatic rings. The molecule has 0 aliphatic carbocycles. The number of rotatable bonds is 8. The number of carbonyl (C=O) groups is 1. The van der Waals surface area contributed by atoms with Gasteiger partial charge in [0.1, 0.15) is 5.82 Å². The first-order valence-electron chi connectivity index (χ1n) is 9.40. The summed E-state index contributed by atoms with van der Waals surface area (Å²) in [5.74, 6) is 0.387. The summed E-state index contributed by atoms with van der Waals surface area (Å²) < 4.78 is 5.13. The number of nitrogens with zero attached hydrogens (tertiary/aromatic N) is 2. The van der Waals surface area contributed by atoms with Crippen molar-refractivity contribution in [3.8, 4) is 11.4 Å². The number of ether oxygens (including phenoxy) is 1. The van der Waals surface area contributed by atoms with Crippen LogP contribution in [0.2, 0.25) is 0 Å². The number of hydrogen-bond acceptors (Lipinski definition) is 5. The third-order valence-electron chi connectivity index (χ3n) is 4.57. The van der Waals surface area contributed by atoms with Gasteiger partial charge in [-0.25, -0.2) is 4.98 Å². The molecule has 2 heterocycles. The number of pyridine rings is 1. The minimum atomic E-state index is -0.218. The molecule has 29 heavy (non-hydrogen) atoms. The van der Waals surface area contributed by atoms with Crippen molar-refractivity contribution >= 4 is 5.91 Å². The molecule has 0 aliphatic rings. The molecule has 7 heteroatoms. The van der Waals surface area contributed by atoms with Crippen molar-refractivity contribution in [3.63, 3.8) is 0 Å². The molecule has 0 atom stereocenters. The lowest BCUT2D eigenvalue weighted by Crippen LogP contribution is -2.25. The van der Waals surface area contributed by atoms with Gasteiger partial charge in [0.15, 0.2) is 0 Å². The zero-order valence-electron chi connectivity index (χ0n) is 16.6. The molecule has 0 radical (unpaired) electrons. The van der Waals surface area contributed by atoms with Crippen molar-refractivity contribution in [2.75, 3.05) is 7.11 Å². The first-order valence-corrected chi connectivity index (χ1v) is 9.40. The molecule has 1 aromatic carbocycles. The molecule has 0 spiro atoms. The molecule has 0 saturated carbocycles. The SMILES string of the molecule is COCc1cccc(CNC(=O)CCc2c(C)nc(-c3ccncc3)[nH]c2=O)c1. The van der Waals surface area contributed by atoms with Gasteiger partial charge in [0, 0.05) is 49.3 Å². The van der Waals surface area contributed by atoms with E-state index >= 15 is 0 Å². The van der Waals surface area contributed by atoms with E-state index < -0.39 is 0 Å². The van der Waals surface area contributed by atoms with Crippen LogP contribution in [0.3, 0.4) is 0 Å². The molecule has 0 aliphatic heterocycles. The summed E-state index contributed by atoms with van der Waals surface area (Å²) in [5, 5.41) is 2.90. The second-order valence-electron chi connectivity index (χ2n) is 6.74. The van der Waals surface area contributed by atoms with E-state index in [2.05, 4.69) is 20.3 Å². The lowest BCUT2D eigenvalue weighted by molar-refractivity contribution is -0.121. The van der Waals surface area contributed by atoms with E-state index in [1.54, 1.807) is 38.6 Å². The molecule has 0 saturated heterocycles. The van der Waals surface area contributed by atoms with Crippen LogP contribution in [0.15, 0.2) is 53.6 Å². The highest BCUT2D eigenvalue weighted by molar-refractivity contribution is 5.76.